The number of rotatable bonds is 6. The van der Waals surface area contributed by atoms with Gasteiger partial charge in [0.05, 0.1) is 16.7 Å². The van der Waals surface area contributed by atoms with Gasteiger partial charge >= 0.3 is 6.18 Å². The fraction of sp³-hybridized carbons (Fsp3) is 0.400. The first-order valence-corrected chi connectivity index (χ1v) is 8.28. The normalized spacial score (nSPS) is 12.5. The van der Waals surface area contributed by atoms with Crippen LogP contribution in [0.2, 0.25) is 10.0 Å². The predicted molar refractivity (Wildman–Crippen MR) is 71.9 cm³/mol. The van der Waals surface area contributed by atoms with Crippen molar-refractivity contribution in [2.45, 2.75) is 11.1 Å². The van der Waals surface area contributed by atoms with E-state index < -0.39 is 26.7 Å². The summed E-state index contributed by atoms with van der Waals surface area (Å²) >= 11 is 11.5. The lowest BCUT2D eigenvalue weighted by Gasteiger charge is -2.11. The van der Waals surface area contributed by atoms with E-state index in [2.05, 4.69) is 4.74 Å². The van der Waals surface area contributed by atoms with Crippen molar-refractivity contribution in [3.05, 3.63) is 22.2 Å². The molecule has 11 heteroatoms. The highest BCUT2D eigenvalue weighted by molar-refractivity contribution is 8.13. The van der Waals surface area contributed by atoms with Crippen LogP contribution in [0.25, 0.3) is 0 Å². The van der Waals surface area contributed by atoms with Gasteiger partial charge in [0.15, 0.2) is 0 Å². The Morgan fingerprint density at radius 1 is 1.10 bits per heavy atom. The molecule has 1 aromatic carbocycles. The molecule has 0 fully saturated rings. The summed E-state index contributed by atoms with van der Waals surface area (Å²) < 4.78 is 67.1. The lowest BCUT2D eigenvalue weighted by Crippen LogP contribution is -2.19. The van der Waals surface area contributed by atoms with Crippen molar-refractivity contribution in [2.75, 3.05) is 19.8 Å². The van der Waals surface area contributed by atoms with Crippen LogP contribution in [0.5, 0.6) is 5.75 Å². The molecular formula is C10H8Cl3F3O4S. The zero-order valence-electron chi connectivity index (χ0n) is 10.1. The minimum atomic E-state index is -4.42. The zero-order chi connectivity index (χ0) is 16.3. The van der Waals surface area contributed by atoms with Gasteiger partial charge in [-0.05, 0) is 6.07 Å². The Labute approximate surface area is 133 Å². The number of hydrogen-bond donors (Lipinski definition) is 0. The quantitative estimate of drug-likeness (QED) is 0.549. The Morgan fingerprint density at radius 3 is 2.24 bits per heavy atom. The van der Waals surface area contributed by atoms with Crippen LogP contribution >= 0.6 is 33.9 Å². The number of benzene rings is 1. The van der Waals surface area contributed by atoms with Gasteiger partial charge in [0.2, 0.25) is 0 Å². The molecule has 120 valence electrons. The molecule has 4 nitrogen and oxygen atoms in total. The average molecular weight is 388 g/mol. The monoisotopic (exact) mass is 386 g/mol. The SMILES string of the molecule is O=S(=O)(Cl)c1cc(Cl)c(OCCOCC(F)(F)F)cc1Cl. The van der Waals surface area contributed by atoms with Gasteiger partial charge < -0.3 is 9.47 Å². The van der Waals surface area contributed by atoms with E-state index in [0.29, 0.717) is 0 Å². The predicted octanol–water partition coefficient (Wildman–Crippen LogP) is 3.88. The van der Waals surface area contributed by atoms with Gasteiger partial charge in [0.1, 0.15) is 23.9 Å². The molecule has 0 amide bonds. The van der Waals surface area contributed by atoms with Gasteiger partial charge in [-0.1, -0.05) is 23.2 Å². The van der Waals surface area contributed by atoms with E-state index in [-0.39, 0.29) is 29.0 Å². The van der Waals surface area contributed by atoms with Gasteiger partial charge in [0, 0.05) is 16.7 Å². The molecule has 0 radical (unpaired) electrons. The first-order valence-electron chi connectivity index (χ1n) is 5.22. The molecule has 0 aliphatic rings. The highest BCUT2D eigenvalue weighted by Crippen LogP contribution is 2.34. The highest BCUT2D eigenvalue weighted by atomic mass is 35.7. The molecule has 1 rings (SSSR count). The van der Waals surface area contributed by atoms with Crippen LogP contribution in [0.1, 0.15) is 0 Å². The van der Waals surface area contributed by atoms with E-state index in [1.807, 2.05) is 0 Å². The van der Waals surface area contributed by atoms with Crippen molar-refractivity contribution in [3.63, 3.8) is 0 Å². The Morgan fingerprint density at radius 2 is 1.71 bits per heavy atom. The van der Waals surface area contributed by atoms with E-state index in [1.54, 1.807) is 0 Å². The molecule has 21 heavy (non-hydrogen) atoms. The van der Waals surface area contributed by atoms with Gasteiger partial charge in [-0.25, -0.2) is 8.42 Å². The molecule has 0 bridgehead atoms. The molecule has 0 unspecified atom stereocenters. The molecule has 0 spiro atoms. The fourth-order valence-corrected chi connectivity index (χ4v) is 3.00. The minimum absolute atomic E-state index is 0.00124. The highest BCUT2D eigenvalue weighted by Gasteiger charge is 2.27. The maximum absolute atomic E-state index is 11.8. The van der Waals surface area contributed by atoms with Crippen LogP contribution in [-0.2, 0) is 13.8 Å². The van der Waals surface area contributed by atoms with E-state index in [1.165, 1.54) is 0 Å². The van der Waals surface area contributed by atoms with E-state index in [4.69, 9.17) is 38.6 Å². The molecule has 0 saturated carbocycles. The summed E-state index contributed by atoms with van der Waals surface area (Å²) in [5.41, 5.74) is 0. The molecule has 0 aromatic heterocycles. The van der Waals surface area contributed by atoms with Gasteiger partial charge in [-0.3, -0.25) is 0 Å². The van der Waals surface area contributed by atoms with Gasteiger partial charge in [0.25, 0.3) is 9.05 Å². The largest absolute Gasteiger partial charge is 0.490 e. The van der Waals surface area contributed by atoms with Crippen molar-refractivity contribution in [2.24, 2.45) is 0 Å². The van der Waals surface area contributed by atoms with E-state index >= 15 is 0 Å². The molecule has 0 N–H and O–H groups in total. The molecule has 0 aliphatic heterocycles. The third kappa shape index (κ3) is 6.48. The number of ether oxygens (including phenoxy) is 2. The van der Waals surface area contributed by atoms with Crippen LogP contribution in [0.4, 0.5) is 13.2 Å². The molecule has 1 aromatic rings. The minimum Gasteiger partial charge on any atom is -0.490 e. The summed E-state index contributed by atoms with van der Waals surface area (Å²) in [6.45, 7) is -1.95. The van der Waals surface area contributed by atoms with E-state index in [0.717, 1.165) is 12.1 Å². The summed E-state index contributed by atoms with van der Waals surface area (Å²) in [4.78, 5) is -0.392. The smallest absolute Gasteiger partial charge is 0.411 e. The van der Waals surface area contributed by atoms with Gasteiger partial charge in [-0.15, -0.1) is 0 Å². The van der Waals surface area contributed by atoms with Crippen LogP contribution < -0.4 is 4.74 Å². The molecule has 0 heterocycles. The Bertz CT molecular complexity index is 604. The van der Waals surface area contributed by atoms with Crippen molar-refractivity contribution >= 4 is 42.9 Å². The summed E-state index contributed by atoms with van der Waals surface area (Å²) in [5, 5.41) is -0.324. The zero-order valence-corrected chi connectivity index (χ0v) is 13.2. The van der Waals surface area contributed by atoms with Crippen molar-refractivity contribution in [3.8, 4) is 5.75 Å². The molecule has 0 atom stereocenters. The Balaban J connectivity index is 2.64. The Kier molecular flexibility index (Phi) is 6.42. The molecular weight excluding hydrogens is 380 g/mol. The number of alkyl halides is 3. The molecule has 0 saturated heterocycles. The summed E-state index contributed by atoms with van der Waals surface area (Å²) in [7, 11) is 1.07. The second-order valence-electron chi connectivity index (χ2n) is 3.67. The summed E-state index contributed by atoms with van der Waals surface area (Å²) in [6.07, 6.45) is -4.42. The third-order valence-corrected chi connectivity index (χ3v) is 4.08. The summed E-state index contributed by atoms with van der Waals surface area (Å²) in [5.74, 6) is 0.00124. The van der Waals surface area contributed by atoms with Crippen LogP contribution in [0.3, 0.4) is 0 Å². The maximum Gasteiger partial charge on any atom is 0.411 e. The lowest BCUT2D eigenvalue weighted by atomic mass is 10.3. The lowest BCUT2D eigenvalue weighted by molar-refractivity contribution is -0.175. The van der Waals surface area contributed by atoms with Crippen LogP contribution in [0, 0.1) is 0 Å². The van der Waals surface area contributed by atoms with Crippen molar-refractivity contribution < 1.29 is 31.1 Å². The Hall–Kier alpha value is -0.410. The van der Waals surface area contributed by atoms with Crippen molar-refractivity contribution in [1.82, 2.24) is 0 Å². The number of hydrogen-bond acceptors (Lipinski definition) is 4. The van der Waals surface area contributed by atoms with Crippen molar-refractivity contribution in [1.29, 1.82) is 0 Å². The average Bonchev–Trinajstić information content (AvgIpc) is 2.29. The fourth-order valence-electron chi connectivity index (χ4n) is 1.21. The third-order valence-electron chi connectivity index (χ3n) is 2.00. The number of halogens is 6. The van der Waals surface area contributed by atoms with Gasteiger partial charge in [-0.2, -0.15) is 13.2 Å². The maximum atomic E-state index is 11.8. The summed E-state index contributed by atoms with van der Waals surface area (Å²) in [6, 6.07) is 2.08. The van der Waals surface area contributed by atoms with E-state index in [9.17, 15) is 21.6 Å². The first kappa shape index (κ1) is 18.6. The first-order chi connectivity index (χ1) is 9.50. The topological polar surface area (TPSA) is 52.6 Å². The molecule has 0 aliphatic carbocycles. The van der Waals surface area contributed by atoms with Crippen LogP contribution in [-0.4, -0.2) is 34.4 Å². The van der Waals surface area contributed by atoms with Crippen LogP contribution in [0.15, 0.2) is 17.0 Å². The standard InChI is InChI=1S/C10H8Cl3F3O4S/c11-6-4-9(21(13,17)18)7(12)3-8(6)20-2-1-19-5-10(14,15)16/h3-4H,1-2,5H2. The second kappa shape index (κ2) is 7.23. The second-order valence-corrected chi connectivity index (χ2v) is 7.02.